The van der Waals surface area contributed by atoms with Crippen molar-refractivity contribution < 1.29 is 24.1 Å². The Morgan fingerprint density at radius 2 is 1.09 bits per heavy atom. The van der Waals surface area contributed by atoms with E-state index < -0.39 is 32.1 Å². The van der Waals surface area contributed by atoms with Crippen LogP contribution in [0.15, 0.2) is 109 Å². The summed E-state index contributed by atoms with van der Waals surface area (Å²) < 4.78 is 20.2. The van der Waals surface area contributed by atoms with Crippen molar-refractivity contribution in [2.45, 2.75) is 70.0 Å². The Kier molecular flexibility index (Phi) is 7.87. The van der Waals surface area contributed by atoms with Crippen LogP contribution in [-0.2, 0) is 23.9 Å². The molecule has 5 aromatic rings. The lowest BCUT2D eigenvalue weighted by Crippen LogP contribution is -2.59. The standard InChI is InChI=1S/C46H42N4O7/c1-29-23-33(28-48-39-14-10-8-12-37(39)44(4,5)46(48)22-20-31-25-35(50(53)54)16-18-41(31)57-46)42(55-6)26-32(29)27-47-38-13-9-7-11-36(38)43(2,3)45(47)21-19-30-24-34(49(51)52)15-17-40(30)56-45/h7-26H,27-28H2,1-6H3. The summed E-state index contributed by atoms with van der Waals surface area (Å²) in [6.45, 7) is 11.8. The largest absolute Gasteiger partial charge is 0.496 e. The lowest BCUT2D eigenvalue weighted by Gasteiger charge is -2.47. The predicted molar refractivity (Wildman–Crippen MR) is 220 cm³/mol. The molecule has 4 aliphatic rings. The van der Waals surface area contributed by atoms with E-state index in [1.54, 1.807) is 31.4 Å². The highest BCUT2D eigenvalue weighted by Gasteiger charge is 2.60. The minimum absolute atomic E-state index is 0.0122. The van der Waals surface area contributed by atoms with Gasteiger partial charge >= 0.3 is 0 Å². The van der Waals surface area contributed by atoms with Crippen molar-refractivity contribution in [2.75, 3.05) is 16.9 Å². The first-order chi connectivity index (χ1) is 27.2. The summed E-state index contributed by atoms with van der Waals surface area (Å²) in [7, 11) is 1.69. The van der Waals surface area contributed by atoms with E-state index in [-0.39, 0.29) is 11.4 Å². The maximum Gasteiger partial charge on any atom is 0.270 e. The van der Waals surface area contributed by atoms with Crippen molar-refractivity contribution in [1.29, 1.82) is 0 Å². The molecule has 4 aliphatic heterocycles. The zero-order chi connectivity index (χ0) is 40.1. The van der Waals surface area contributed by atoms with Crippen LogP contribution < -0.4 is 24.0 Å². The van der Waals surface area contributed by atoms with Gasteiger partial charge in [0.2, 0.25) is 11.4 Å². The number of fused-ring (bicyclic) bond motifs is 4. The van der Waals surface area contributed by atoms with Gasteiger partial charge in [-0.1, -0.05) is 42.5 Å². The molecule has 9 rings (SSSR count). The Morgan fingerprint density at radius 3 is 1.54 bits per heavy atom. The van der Waals surface area contributed by atoms with Gasteiger partial charge < -0.3 is 24.0 Å². The van der Waals surface area contributed by atoms with Crippen LogP contribution in [0.1, 0.15) is 66.6 Å². The topological polar surface area (TPSA) is 120 Å². The molecular weight excluding hydrogens is 721 g/mol. The molecule has 57 heavy (non-hydrogen) atoms. The van der Waals surface area contributed by atoms with E-state index in [9.17, 15) is 20.2 Å². The van der Waals surface area contributed by atoms with E-state index in [1.165, 1.54) is 12.1 Å². The first kappa shape index (κ1) is 36.0. The number of ether oxygens (including phenoxy) is 3. The lowest BCUT2D eigenvalue weighted by molar-refractivity contribution is -0.385. The fourth-order valence-electron chi connectivity index (χ4n) is 9.43. The number of anilines is 2. The van der Waals surface area contributed by atoms with E-state index in [2.05, 4.69) is 80.8 Å². The molecule has 2 spiro atoms. The zero-order valence-corrected chi connectivity index (χ0v) is 32.6. The number of nitrogens with zero attached hydrogens (tertiary/aromatic N) is 4. The van der Waals surface area contributed by atoms with E-state index >= 15 is 0 Å². The fraction of sp³-hybridized carbons (Fsp3) is 0.261. The second-order valence-electron chi connectivity index (χ2n) is 16.3. The van der Waals surface area contributed by atoms with Gasteiger partial charge in [0.1, 0.15) is 17.2 Å². The van der Waals surface area contributed by atoms with Crippen LogP contribution in [0, 0.1) is 27.2 Å². The van der Waals surface area contributed by atoms with Crippen LogP contribution in [0.3, 0.4) is 0 Å². The van der Waals surface area contributed by atoms with Gasteiger partial charge in [-0.15, -0.1) is 0 Å². The maximum atomic E-state index is 11.6. The van der Waals surface area contributed by atoms with Gasteiger partial charge in [0.15, 0.2) is 0 Å². The van der Waals surface area contributed by atoms with Gasteiger partial charge in [-0.2, -0.15) is 0 Å². The van der Waals surface area contributed by atoms with Crippen LogP contribution in [0.4, 0.5) is 22.7 Å². The minimum Gasteiger partial charge on any atom is -0.496 e. The minimum atomic E-state index is -0.948. The molecule has 0 radical (unpaired) electrons. The van der Waals surface area contributed by atoms with Crippen molar-refractivity contribution in [3.8, 4) is 17.2 Å². The molecule has 5 aromatic carbocycles. The quantitative estimate of drug-likeness (QED) is 0.118. The molecule has 11 nitrogen and oxygen atoms in total. The third kappa shape index (κ3) is 5.10. The Hall–Kier alpha value is -6.62. The predicted octanol–water partition coefficient (Wildman–Crippen LogP) is 10.0. The normalized spacial score (nSPS) is 21.4. The average molecular weight is 763 g/mol. The molecule has 2 atom stereocenters. The van der Waals surface area contributed by atoms with Crippen LogP contribution >= 0.6 is 0 Å². The van der Waals surface area contributed by atoms with E-state index in [4.69, 9.17) is 14.2 Å². The second kappa shape index (κ2) is 12.4. The van der Waals surface area contributed by atoms with Crippen molar-refractivity contribution in [2.24, 2.45) is 0 Å². The van der Waals surface area contributed by atoms with Gasteiger partial charge in [-0.25, -0.2) is 0 Å². The van der Waals surface area contributed by atoms with Gasteiger partial charge in [0, 0.05) is 58.9 Å². The number of hydrogen-bond acceptors (Lipinski definition) is 9. The van der Waals surface area contributed by atoms with Crippen molar-refractivity contribution >= 4 is 34.9 Å². The number of aryl methyl sites for hydroxylation is 1. The second-order valence-corrected chi connectivity index (χ2v) is 16.3. The lowest BCUT2D eigenvalue weighted by atomic mass is 9.76. The average Bonchev–Trinajstić information content (AvgIpc) is 3.48. The Labute approximate surface area is 330 Å². The molecule has 0 saturated heterocycles. The third-order valence-corrected chi connectivity index (χ3v) is 12.6. The Morgan fingerprint density at radius 1 is 0.632 bits per heavy atom. The van der Waals surface area contributed by atoms with Crippen LogP contribution in [-0.4, -0.2) is 28.4 Å². The summed E-state index contributed by atoms with van der Waals surface area (Å²) >= 11 is 0. The number of nitro groups is 2. The molecule has 288 valence electrons. The fourth-order valence-corrected chi connectivity index (χ4v) is 9.43. The van der Waals surface area contributed by atoms with Crippen molar-refractivity contribution in [3.05, 3.63) is 168 Å². The number of para-hydroxylation sites is 2. The Bertz CT molecular complexity index is 2600. The molecule has 0 fully saturated rings. The molecule has 0 bridgehead atoms. The van der Waals surface area contributed by atoms with Crippen molar-refractivity contribution in [1.82, 2.24) is 0 Å². The number of nitro benzene ring substituents is 2. The van der Waals surface area contributed by atoms with E-state index in [0.717, 1.165) is 44.9 Å². The van der Waals surface area contributed by atoms with E-state index in [0.29, 0.717) is 35.7 Å². The molecule has 0 saturated carbocycles. The first-order valence-corrected chi connectivity index (χ1v) is 18.9. The third-order valence-electron chi connectivity index (χ3n) is 12.6. The summed E-state index contributed by atoms with van der Waals surface area (Å²) in [5.74, 6) is 1.89. The van der Waals surface area contributed by atoms with E-state index in [1.807, 2.05) is 48.6 Å². The maximum absolute atomic E-state index is 11.6. The molecule has 0 N–H and O–H groups in total. The number of benzene rings is 5. The number of hydrogen-bond donors (Lipinski definition) is 0. The smallest absolute Gasteiger partial charge is 0.270 e. The van der Waals surface area contributed by atoms with Crippen LogP contribution in [0.5, 0.6) is 17.2 Å². The highest BCUT2D eigenvalue weighted by Crippen LogP contribution is 2.57. The number of non-ortho nitro benzene ring substituents is 2. The summed E-state index contributed by atoms with van der Waals surface area (Å²) in [5.41, 5.74) is 5.89. The molecule has 2 unspecified atom stereocenters. The van der Waals surface area contributed by atoms with Gasteiger partial charge in [-0.05, 0) is 112 Å². The molecule has 4 heterocycles. The van der Waals surface area contributed by atoms with Gasteiger partial charge in [-0.3, -0.25) is 20.2 Å². The van der Waals surface area contributed by atoms with Gasteiger partial charge in [0.25, 0.3) is 11.4 Å². The SMILES string of the molecule is COc1cc(CN2c3ccccc3C(C)(C)C23C=Cc2cc([N+](=O)[O-])ccc2O3)c(C)cc1CN1c2ccccc2C(C)(C)C12C=Cc1cc([N+](=O)[O-])ccc1O2. The summed E-state index contributed by atoms with van der Waals surface area (Å²) in [6.07, 6.45) is 7.95. The number of methoxy groups -OCH3 is 1. The molecule has 0 amide bonds. The summed E-state index contributed by atoms with van der Waals surface area (Å²) in [6, 6.07) is 30.4. The monoisotopic (exact) mass is 762 g/mol. The molecule has 0 aliphatic carbocycles. The summed E-state index contributed by atoms with van der Waals surface area (Å²) in [4.78, 5) is 26.9. The first-order valence-electron chi connectivity index (χ1n) is 18.9. The number of rotatable bonds is 7. The van der Waals surface area contributed by atoms with Crippen LogP contribution in [0.2, 0.25) is 0 Å². The van der Waals surface area contributed by atoms with Gasteiger partial charge in [0.05, 0.1) is 34.3 Å². The molecular formula is C46H42N4O7. The van der Waals surface area contributed by atoms with Crippen molar-refractivity contribution in [3.63, 3.8) is 0 Å². The van der Waals surface area contributed by atoms with Crippen LogP contribution in [0.25, 0.3) is 12.2 Å². The molecule has 11 heteroatoms. The molecule has 0 aromatic heterocycles. The highest BCUT2D eigenvalue weighted by molar-refractivity contribution is 5.75. The summed E-state index contributed by atoms with van der Waals surface area (Å²) in [5, 5.41) is 23.2. The zero-order valence-electron chi connectivity index (χ0n) is 32.6. The highest BCUT2D eigenvalue weighted by atomic mass is 16.6. The Balaban J connectivity index is 1.10.